The maximum atomic E-state index is 12.8. The number of rotatable bonds is 4. The van der Waals surface area contributed by atoms with Crippen molar-refractivity contribution in [2.45, 2.75) is 31.8 Å². The number of phenols is 1. The molecule has 0 spiro atoms. The van der Waals surface area contributed by atoms with Gasteiger partial charge in [-0.1, -0.05) is 0 Å². The van der Waals surface area contributed by atoms with E-state index in [0.29, 0.717) is 13.0 Å². The first-order valence-corrected chi connectivity index (χ1v) is 7.50. The van der Waals surface area contributed by atoms with Gasteiger partial charge in [0.1, 0.15) is 11.6 Å². The minimum absolute atomic E-state index is 0. The molecule has 1 aromatic carbocycles. The normalized spacial score (nSPS) is 14.2. The van der Waals surface area contributed by atoms with Gasteiger partial charge in [0.15, 0.2) is 5.60 Å². The lowest BCUT2D eigenvalue weighted by atomic mass is 10.0. The Kier molecular flexibility index (Phi) is 6.79. The van der Waals surface area contributed by atoms with Gasteiger partial charge < -0.3 is 15.5 Å². The number of phenolic OH excluding ortho intramolecular Hbond substituents is 1. The lowest BCUT2D eigenvalue weighted by Gasteiger charge is -2.26. The molecule has 0 fully saturated rings. The number of aliphatic hydroxyl groups is 1. The minimum atomic E-state index is -4.85. The Labute approximate surface area is 161 Å². The van der Waals surface area contributed by atoms with Crippen molar-refractivity contribution in [3.05, 3.63) is 35.4 Å². The van der Waals surface area contributed by atoms with Crippen molar-refractivity contribution in [1.82, 2.24) is 10.2 Å². The number of hydrogen-bond donors (Lipinski definition) is 3. The third-order valence-electron chi connectivity index (χ3n) is 3.79. The topological polar surface area (TPSA) is 78.3 Å². The fourth-order valence-electron chi connectivity index (χ4n) is 2.19. The number of aromatic nitrogens is 2. The zero-order valence-electron chi connectivity index (χ0n) is 14.5. The second kappa shape index (κ2) is 8.00. The van der Waals surface area contributed by atoms with Gasteiger partial charge in [-0.15, -0.1) is 22.6 Å². The summed E-state index contributed by atoms with van der Waals surface area (Å²) in [4.78, 5) is 0. The SMILES string of the molecule is Cc1cc(C(F)(F)F)cc(O)c1-c1ccc(NC[C@@](C)(O)C(F)(F)F)nn1.Cl. The first-order chi connectivity index (χ1) is 12.2. The average molecular weight is 432 g/mol. The monoisotopic (exact) mass is 431 g/mol. The van der Waals surface area contributed by atoms with Crippen LogP contribution in [0.25, 0.3) is 11.3 Å². The summed E-state index contributed by atoms with van der Waals surface area (Å²) < 4.78 is 76.0. The predicted octanol–water partition coefficient (Wildman–Crippen LogP) is 4.32. The fraction of sp³-hybridized carbons (Fsp3) is 0.375. The summed E-state index contributed by atoms with van der Waals surface area (Å²) in [5.74, 6) is -0.746. The number of hydrogen-bond acceptors (Lipinski definition) is 5. The molecule has 3 N–H and O–H groups in total. The fourth-order valence-corrected chi connectivity index (χ4v) is 2.19. The third-order valence-corrected chi connectivity index (χ3v) is 3.79. The molecule has 28 heavy (non-hydrogen) atoms. The van der Waals surface area contributed by atoms with Gasteiger partial charge in [-0.3, -0.25) is 0 Å². The Morgan fingerprint density at radius 1 is 1.04 bits per heavy atom. The average Bonchev–Trinajstić information content (AvgIpc) is 2.51. The predicted molar refractivity (Wildman–Crippen MR) is 91.3 cm³/mol. The van der Waals surface area contributed by atoms with Gasteiger partial charge in [-0.2, -0.15) is 26.3 Å². The lowest BCUT2D eigenvalue weighted by molar-refractivity contribution is -0.246. The molecule has 0 saturated carbocycles. The maximum absolute atomic E-state index is 12.8. The largest absolute Gasteiger partial charge is 0.507 e. The van der Waals surface area contributed by atoms with Crippen molar-refractivity contribution < 1.29 is 36.6 Å². The second-order valence-corrected chi connectivity index (χ2v) is 6.11. The Morgan fingerprint density at radius 2 is 1.64 bits per heavy atom. The number of halogens is 7. The highest BCUT2D eigenvalue weighted by Gasteiger charge is 2.49. The molecule has 0 aliphatic carbocycles. The molecule has 1 heterocycles. The van der Waals surface area contributed by atoms with Crippen LogP contribution in [0.5, 0.6) is 5.75 Å². The maximum Gasteiger partial charge on any atom is 0.418 e. The van der Waals surface area contributed by atoms with Crippen molar-refractivity contribution in [2.75, 3.05) is 11.9 Å². The van der Waals surface area contributed by atoms with Crippen LogP contribution in [0.4, 0.5) is 32.2 Å². The molecule has 1 atom stereocenters. The first kappa shape index (κ1) is 23.8. The molecular weight excluding hydrogens is 416 g/mol. The van der Waals surface area contributed by atoms with Crippen LogP contribution in [0.1, 0.15) is 18.1 Å². The van der Waals surface area contributed by atoms with Crippen LogP contribution in [0, 0.1) is 6.92 Å². The van der Waals surface area contributed by atoms with Gasteiger partial charge in [-0.25, -0.2) is 0 Å². The molecule has 1 aromatic heterocycles. The van der Waals surface area contributed by atoms with Crippen molar-refractivity contribution >= 4 is 18.2 Å². The highest BCUT2D eigenvalue weighted by Crippen LogP contribution is 2.38. The van der Waals surface area contributed by atoms with Crippen LogP contribution >= 0.6 is 12.4 Å². The molecular formula is C16H16ClF6N3O2. The molecule has 0 aliphatic rings. The molecule has 2 aromatic rings. The molecule has 0 bridgehead atoms. The van der Waals surface area contributed by atoms with Crippen LogP contribution in [-0.2, 0) is 6.18 Å². The second-order valence-electron chi connectivity index (χ2n) is 6.11. The van der Waals surface area contributed by atoms with E-state index in [1.807, 2.05) is 0 Å². The van der Waals surface area contributed by atoms with Crippen LogP contribution < -0.4 is 5.32 Å². The van der Waals surface area contributed by atoms with Crippen LogP contribution in [0.15, 0.2) is 24.3 Å². The van der Waals surface area contributed by atoms with E-state index in [9.17, 15) is 36.6 Å². The number of aryl methyl sites for hydroxylation is 1. The van der Waals surface area contributed by atoms with Gasteiger partial charge in [0.2, 0.25) is 0 Å². The summed E-state index contributed by atoms with van der Waals surface area (Å²) in [5, 5.41) is 28.9. The number of aromatic hydroxyl groups is 1. The van der Waals surface area contributed by atoms with Crippen molar-refractivity contribution in [2.24, 2.45) is 0 Å². The van der Waals surface area contributed by atoms with Gasteiger partial charge >= 0.3 is 12.4 Å². The van der Waals surface area contributed by atoms with Crippen molar-refractivity contribution in [3.8, 4) is 17.0 Å². The highest BCUT2D eigenvalue weighted by atomic mass is 35.5. The Morgan fingerprint density at radius 3 is 2.07 bits per heavy atom. The minimum Gasteiger partial charge on any atom is -0.507 e. The summed E-state index contributed by atoms with van der Waals surface area (Å²) in [7, 11) is 0. The number of anilines is 1. The molecule has 0 saturated heterocycles. The molecule has 0 aliphatic heterocycles. The van der Waals surface area contributed by atoms with Gasteiger partial charge in [0.25, 0.3) is 0 Å². The Balaban J connectivity index is 0.00000392. The van der Waals surface area contributed by atoms with E-state index >= 15 is 0 Å². The van der Waals surface area contributed by atoms with E-state index in [2.05, 4.69) is 15.5 Å². The summed E-state index contributed by atoms with van der Waals surface area (Å²) in [6.45, 7) is 1.05. The van der Waals surface area contributed by atoms with Gasteiger partial charge in [-0.05, 0) is 43.7 Å². The summed E-state index contributed by atoms with van der Waals surface area (Å²) in [5.41, 5.74) is -3.87. The molecule has 12 heteroatoms. The van der Waals surface area contributed by atoms with E-state index in [0.717, 1.165) is 6.07 Å². The smallest absolute Gasteiger partial charge is 0.418 e. The molecule has 5 nitrogen and oxygen atoms in total. The van der Waals surface area contributed by atoms with Crippen LogP contribution in [0.3, 0.4) is 0 Å². The number of benzene rings is 1. The molecule has 0 unspecified atom stereocenters. The van der Waals surface area contributed by atoms with E-state index < -0.39 is 35.8 Å². The van der Waals surface area contributed by atoms with Crippen molar-refractivity contribution in [3.63, 3.8) is 0 Å². The van der Waals surface area contributed by atoms with Gasteiger partial charge in [0.05, 0.1) is 17.8 Å². The third kappa shape index (κ3) is 5.16. The summed E-state index contributed by atoms with van der Waals surface area (Å²) in [6.07, 6.45) is -9.48. The molecule has 0 amide bonds. The number of alkyl halides is 6. The van der Waals surface area contributed by atoms with Crippen LogP contribution in [0.2, 0.25) is 0 Å². The van der Waals surface area contributed by atoms with E-state index in [1.165, 1.54) is 19.1 Å². The Bertz CT molecular complexity index is 800. The number of nitrogens with zero attached hydrogens (tertiary/aromatic N) is 2. The van der Waals surface area contributed by atoms with Crippen LogP contribution in [-0.4, -0.2) is 38.7 Å². The van der Waals surface area contributed by atoms with E-state index in [1.54, 1.807) is 0 Å². The van der Waals surface area contributed by atoms with Crippen molar-refractivity contribution in [1.29, 1.82) is 0 Å². The molecule has 0 radical (unpaired) electrons. The standard InChI is InChI=1S/C16H15F6N3O2.ClH/c1-8-5-9(15(17,18)19)6-11(26)13(8)10-3-4-12(25-24-10)23-7-14(2,27)16(20,21)22;/h3-6,26-27H,7H2,1-2H3,(H,23,25);1H/t14-;/m1./s1. The zero-order valence-corrected chi connectivity index (χ0v) is 15.3. The zero-order chi connectivity index (χ0) is 20.6. The molecule has 156 valence electrons. The summed E-state index contributed by atoms with van der Waals surface area (Å²) >= 11 is 0. The van der Waals surface area contributed by atoms with Gasteiger partial charge in [0, 0.05) is 5.56 Å². The quantitative estimate of drug-likeness (QED) is 0.628. The van der Waals surface area contributed by atoms with E-state index in [-0.39, 0.29) is 35.0 Å². The lowest BCUT2D eigenvalue weighted by Crippen LogP contribution is -2.47. The highest BCUT2D eigenvalue weighted by molar-refractivity contribution is 5.85. The first-order valence-electron chi connectivity index (χ1n) is 7.50. The van der Waals surface area contributed by atoms with E-state index in [4.69, 9.17) is 0 Å². The Hall–Kier alpha value is -2.27. The number of nitrogens with one attached hydrogen (secondary N) is 1. The molecule has 2 rings (SSSR count). The summed E-state index contributed by atoms with van der Waals surface area (Å²) in [6, 6.07) is 3.89.